The fourth-order valence-electron chi connectivity index (χ4n) is 2.40. The first kappa shape index (κ1) is 12.8. The Morgan fingerprint density at radius 3 is 2.60 bits per heavy atom. The van der Waals surface area contributed by atoms with Crippen molar-refractivity contribution in [1.29, 1.82) is 0 Å². The number of rotatable bonds is 3. The van der Waals surface area contributed by atoms with Crippen LogP contribution in [0.4, 0.5) is 4.39 Å². The lowest BCUT2D eigenvalue weighted by Crippen LogP contribution is -2.14. The zero-order valence-electron chi connectivity index (χ0n) is 11.3. The zero-order chi connectivity index (χ0) is 14.1. The Hall–Kier alpha value is -2.20. The van der Waals surface area contributed by atoms with Crippen molar-refractivity contribution >= 4 is 11.0 Å². The number of imidazole rings is 1. The van der Waals surface area contributed by atoms with Crippen LogP contribution < -0.4 is 5.73 Å². The lowest BCUT2D eigenvalue weighted by molar-refractivity contribution is 0.590. The Kier molecular flexibility index (Phi) is 3.24. The van der Waals surface area contributed by atoms with Gasteiger partial charge in [0.05, 0.1) is 23.6 Å². The van der Waals surface area contributed by atoms with E-state index >= 15 is 0 Å². The Morgan fingerprint density at radius 1 is 1.15 bits per heavy atom. The van der Waals surface area contributed by atoms with Crippen LogP contribution >= 0.6 is 0 Å². The maximum Gasteiger partial charge on any atom is 0.128 e. The SMILES string of the molecule is CC(N)c1nc2ccccc2n1Cc1ccccc1F. The summed E-state index contributed by atoms with van der Waals surface area (Å²) in [4.78, 5) is 4.55. The Balaban J connectivity index is 2.14. The second-order valence-corrected chi connectivity index (χ2v) is 4.92. The number of aromatic nitrogens is 2. The molecule has 0 spiro atoms. The van der Waals surface area contributed by atoms with E-state index in [1.165, 1.54) is 6.07 Å². The van der Waals surface area contributed by atoms with Gasteiger partial charge in [0.2, 0.25) is 0 Å². The molecular formula is C16H16FN3. The number of para-hydroxylation sites is 2. The van der Waals surface area contributed by atoms with Gasteiger partial charge in [-0.05, 0) is 25.1 Å². The van der Waals surface area contributed by atoms with Crippen molar-refractivity contribution in [2.45, 2.75) is 19.5 Å². The summed E-state index contributed by atoms with van der Waals surface area (Å²) < 4.78 is 15.8. The van der Waals surface area contributed by atoms with E-state index in [9.17, 15) is 4.39 Å². The molecule has 3 nitrogen and oxygen atoms in total. The van der Waals surface area contributed by atoms with Crippen molar-refractivity contribution in [2.75, 3.05) is 0 Å². The molecule has 3 aromatic rings. The van der Waals surface area contributed by atoms with E-state index in [4.69, 9.17) is 5.73 Å². The highest BCUT2D eigenvalue weighted by molar-refractivity contribution is 5.76. The van der Waals surface area contributed by atoms with Gasteiger partial charge in [-0.2, -0.15) is 0 Å². The summed E-state index contributed by atoms with van der Waals surface area (Å²) in [5.41, 5.74) is 8.49. The summed E-state index contributed by atoms with van der Waals surface area (Å²) >= 11 is 0. The van der Waals surface area contributed by atoms with E-state index in [-0.39, 0.29) is 11.9 Å². The first-order valence-corrected chi connectivity index (χ1v) is 6.61. The highest BCUT2D eigenvalue weighted by Crippen LogP contribution is 2.21. The maximum absolute atomic E-state index is 13.8. The van der Waals surface area contributed by atoms with Gasteiger partial charge < -0.3 is 10.3 Å². The van der Waals surface area contributed by atoms with Crippen LogP contribution in [-0.4, -0.2) is 9.55 Å². The molecule has 1 heterocycles. The van der Waals surface area contributed by atoms with Gasteiger partial charge in [-0.25, -0.2) is 9.37 Å². The molecule has 0 amide bonds. The van der Waals surface area contributed by atoms with Crippen LogP contribution in [0.15, 0.2) is 48.5 Å². The van der Waals surface area contributed by atoms with E-state index in [2.05, 4.69) is 4.98 Å². The van der Waals surface area contributed by atoms with E-state index in [1.807, 2.05) is 41.8 Å². The fraction of sp³-hybridized carbons (Fsp3) is 0.188. The molecule has 1 unspecified atom stereocenters. The van der Waals surface area contributed by atoms with Crippen LogP contribution in [0.2, 0.25) is 0 Å². The third-order valence-electron chi connectivity index (χ3n) is 3.38. The van der Waals surface area contributed by atoms with Crippen molar-refractivity contribution in [3.8, 4) is 0 Å². The molecule has 0 aliphatic carbocycles. The molecular weight excluding hydrogens is 253 g/mol. The summed E-state index contributed by atoms with van der Waals surface area (Å²) in [6.45, 7) is 2.32. The van der Waals surface area contributed by atoms with Crippen LogP contribution in [0, 0.1) is 5.82 Å². The molecule has 0 aliphatic rings. The normalized spacial score (nSPS) is 12.8. The topological polar surface area (TPSA) is 43.8 Å². The number of halogens is 1. The lowest BCUT2D eigenvalue weighted by Gasteiger charge is -2.12. The quantitative estimate of drug-likeness (QED) is 0.793. The van der Waals surface area contributed by atoms with Crippen LogP contribution in [0.5, 0.6) is 0 Å². The second-order valence-electron chi connectivity index (χ2n) is 4.92. The van der Waals surface area contributed by atoms with Crippen molar-refractivity contribution < 1.29 is 4.39 Å². The van der Waals surface area contributed by atoms with Gasteiger partial charge in [0.15, 0.2) is 0 Å². The standard InChI is InChI=1S/C16H16FN3/c1-11(18)16-19-14-8-4-5-9-15(14)20(16)10-12-6-2-3-7-13(12)17/h2-9,11H,10,18H2,1H3. The van der Waals surface area contributed by atoms with Gasteiger partial charge in [0.1, 0.15) is 11.6 Å². The molecule has 2 N–H and O–H groups in total. The molecule has 4 heteroatoms. The summed E-state index contributed by atoms with van der Waals surface area (Å²) in [6, 6.07) is 14.4. The van der Waals surface area contributed by atoms with Gasteiger partial charge in [0.25, 0.3) is 0 Å². The molecule has 102 valence electrons. The molecule has 0 bridgehead atoms. The first-order valence-electron chi connectivity index (χ1n) is 6.61. The van der Waals surface area contributed by atoms with Crippen molar-refractivity contribution in [3.63, 3.8) is 0 Å². The fourth-order valence-corrected chi connectivity index (χ4v) is 2.40. The van der Waals surface area contributed by atoms with Crippen molar-refractivity contribution in [1.82, 2.24) is 9.55 Å². The third-order valence-corrected chi connectivity index (χ3v) is 3.38. The number of fused-ring (bicyclic) bond motifs is 1. The Bertz CT molecular complexity index is 746. The molecule has 0 saturated heterocycles. The van der Waals surface area contributed by atoms with Gasteiger partial charge >= 0.3 is 0 Å². The first-order chi connectivity index (χ1) is 9.66. The monoisotopic (exact) mass is 269 g/mol. The Morgan fingerprint density at radius 2 is 1.85 bits per heavy atom. The highest BCUT2D eigenvalue weighted by atomic mass is 19.1. The molecule has 1 atom stereocenters. The average molecular weight is 269 g/mol. The minimum Gasteiger partial charge on any atom is -0.322 e. The van der Waals surface area contributed by atoms with Gasteiger partial charge in [0, 0.05) is 5.56 Å². The molecule has 0 saturated carbocycles. The third kappa shape index (κ3) is 2.18. The van der Waals surface area contributed by atoms with E-state index in [0.717, 1.165) is 16.9 Å². The van der Waals surface area contributed by atoms with Crippen LogP contribution in [0.1, 0.15) is 24.4 Å². The predicted octanol–water partition coefficient (Wildman–Crippen LogP) is 3.24. The summed E-state index contributed by atoms with van der Waals surface area (Å²) in [7, 11) is 0. The van der Waals surface area contributed by atoms with Gasteiger partial charge in [-0.15, -0.1) is 0 Å². The minimum atomic E-state index is -0.207. The van der Waals surface area contributed by atoms with Crippen LogP contribution in [-0.2, 0) is 6.54 Å². The van der Waals surface area contributed by atoms with Gasteiger partial charge in [-0.3, -0.25) is 0 Å². The number of nitrogens with two attached hydrogens (primary N) is 1. The second kappa shape index (κ2) is 5.06. The zero-order valence-corrected chi connectivity index (χ0v) is 11.3. The number of hydrogen-bond acceptors (Lipinski definition) is 2. The van der Waals surface area contributed by atoms with E-state index in [0.29, 0.717) is 12.1 Å². The predicted molar refractivity (Wildman–Crippen MR) is 77.8 cm³/mol. The summed E-state index contributed by atoms with van der Waals surface area (Å²) in [5.74, 6) is 0.565. The van der Waals surface area contributed by atoms with Crippen molar-refractivity contribution in [2.24, 2.45) is 5.73 Å². The van der Waals surface area contributed by atoms with E-state index < -0.39 is 0 Å². The lowest BCUT2D eigenvalue weighted by atomic mass is 10.2. The highest BCUT2D eigenvalue weighted by Gasteiger charge is 2.14. The molecule has 0 radical (unpaired) electrons. The maximum atomic E-state index is 13.8. The number of nitrogens with zero attached hydrogens (tertiary/aromatic N) is 2. The van der Waals surface area contributed by atoms with Gasteiger partial charge in [-0.1, -0.05) is 30.3 Å². The smallest absolute Gasteiger partial charge is 0.128 e. The molecule has 0 aliphatic heterocycles. The van der Waals surface area contributed by atoms with E-state index in [1.54, 1.807) is 12.1 Å². The van der Waals surface area contributed by atoms with Crippen LogP contribution in [0.25, 0.3) is 11.0 Å². The minimum absolute atomic E-state index is 0.200. The summed E-state index contributed by atoms with van der Waals surface area (Å²) in [6.07, 6.45) is 0. The van der Waals surface area contributed by atoms with Crippen LogP contribution in [0.3, 0.4) is 0 Å². The molecule has 2 aromatic carbocycles. The number of hydrogen-bond donors (Lipinski definition) is 1. The Labute approximate surface area is 116 Å². The molecule has 0 fully saturated rings. The molecule has 1 aromatic heterocycles. The average Bonchev–Trinajstić information content (AvgIpc) is 2.81. The molecule has 20 heavy (non-hydrogen) atoms. The van der Waals surface area contributed by atoms with Crippen molar-refractivity contribution in [3.05, 3.63) is 65.7 Å². The largest absolute Gasteiger partial charge is 0.322 e. The number of benzene rings is 2. The summed E-state index contributed by atoms with van der Waals surface area (Å²) in [5, 5.41) is 0. The molecule has 3 rings (SSSR count).